The molecule has 0 aliphatic carbocycles. The summed E-state index contributed by atoms with van der Waals surface area (Å²) in [6.45, 7) is 7.00. The third-order valence-corrected chi connectivity index (χ3v) is 6.48. The average molecular weight is 482 g/mol. The van der Waals surface area contributed by atoms with Crippen LogP contribution in [0.15, 0.2) is 53.3 Å². The fourth-order valence-electron chi connectivity index (χ4n) is 4.42. The van der Waals surface area contributed by atoms with Gasteiger partial charge in [-0.15, -0.1) is 0 Å². The van der Waals surface area contributed by atoms with Crippen LogP contribution in [0, 0.1) is 0 Å². The van der Waals surface area contributed by atoms with E-state index in [9.17, 15) is 9.59 Å². The number of carbonyl (C=O) groups is 1. The molecule has 182 valence electrons. The summed E-state index contributed by atoms with van der Waals surface area (Å²) in [5.74, 6) is 0.721. The number of carbonyl (C=O) groups excluding carboxylic acids is 1. The molecule has 1 atom stereocenters. The van der Waals surface area contributed by atoms with Gasteiger partial charge in [0.1, 0.15) is 5.82 Å². The summed E-state index contributed by atoms with van der Waals surface area (Å²) in [6, 6.07) is 14.4. The number of rotatable bonds is 12. The molecule has 1 heterocycles. The highest BCUT2D eigenvalue weighted by Gasteiger charge is 2.28. The predicted molar refractivity (Wildman–Crippen MR) is 141 cm³/mol. The van der Waals surface area contributed by atoms with E-state index in [4.69, 9.17) is 16.6 Å². The number of aromatic nitrogens is 2. The number of hydrogen-bond acceptors (Lipinski definition) is 3. The molecular formula is C28H36ClN3O2. The fourth-order valence-corrected chi connectivity index (χ4v) is 4.60. The molecule has 5 nitrogen and oxygen atoms in total. The maximum Gasteiger partial charge on any atom is 0.266 e. The second-order valence-electron chi connectivity index (χ2n) is 8.78. The van der Waals surface area contributed by atoms with Crippen molar-refractivity contribution in [1.82, 2.24) is 14.5 Å². The van der Waals surface area contributed by atoms with E-state index < -0.39 is 0 Å². The molecular weight excluding hydrogens is 446 g/mol. The first-order chi connectivity index (χ1) is 16.5. The van der Waals surface area contributed by atoms with Crippen LogP contribution < -0.4 is 5.56 Å². The molecule has 0 aliphatic rings. The highest BCUT2D eigenvalue weighted by Crippen LogP contribution is 2.28. The molecule has 1 unspecified atom stereocenters. The van der Waals surface area contributed by atoms with Crippen LogP contribution in [0.1, 0.15) is 84.0 Å². The quantitative estimate of drug-likeness (QED) is 0.259. The van der Waals surface area contributed by atoms with E-state index in [0.717, 1.165) is 38.5 Å². The van der Waals surface area contributed by atoms with Crippen LogP contribution in [0.5, 0.6) is 0 Å². The molecule has 0 N–H and O–H groups in total. The van der Waals surface area contributed by atoms with Crippen molar-refractivity contribution >= 4 is 28.4 Å². The molecule has 0 saturated heterocycles. The second kappa shape index (κ2) is 12.7. The lowest BCUT2D eigenvalue weighted by Gasteiger charge is -2.32. The third kappa shape index (κ3) is 6.06. The Bertz CT molecular complexity index is 1160. The zero-order chi connectivity index (χ0) is 24.5. The van der Waals surface area contributed by atoms with Crippen LogP contribution in [0.25, 0.3) is 16.6 Å². The van der Waals surface area contributed by atoms with E-state index in [1.165, 1.54) is 0 Å². The topological polar surface area (TPSA) is 55.2 Å². The predicted octanol–water partition coefficient (Wildman–Crippen LogP) is 7.09. The van der Waals surface area contributed by atoms with E-state index >= 15 is 0 Å². The summed E-state index contributed by atoms with van der Waals surface area (Å²) in [7, 11) is 0. The minimum Gasteiger partial charge on any atom is -0.333 e. The highest BCUT2D eigenvalue weighted by atomic mass is 35.5. The summed E-state index contributed by atoms with van der Waals surface area (Å²) in [5.41, 5.74) is 1.16. The summed E-state index contributed by atoms with van der Waals surface area (Å²) >= 11 is 6.30. The Labute approximate surface area is 207 Å². The van der Waals surface area contributed by atoms with Crippen molar-refractivity contribution in [2.45, 2.75) is 78.2 Å². The Kier molecular flexibility index (Phi) is 9.70. The summed E-state index contributed by atoms with van der Waals surface area (Å²) in [5, 5.41) is 1.10. The van der Waals surface area contributed by atoms with E-state index in [-0.39, 0.29) is 17.5 Å². The molecule has 0 radical (unpaired) electrons. The highest BCUT2D eigenvalue weighted by molar-refractivity contribution is 6.30. The Balaban J connectivity index is 2.17. The van der Waals surface area contributed by atoms with E-state index in [0.29, 0.717) is 46.8 Å². The molecule has 34 heavy (non-hydrogen) atoms. The smallest absolute Gasteiger partial charge is 0.266 e. The summed E-state index contributed by atoms with van der Waals surface area (Å²) in [4.78, 5) is 34.0. The lowest BCUT2D eigenvalue weighted by atomic mass is 10.1. The molecule has 2 aromatic carbocycles. The van der Waals surface area contributed by atoms with Gasteiger partial charge in [0.25, 0.3) is 5.56 Å². The van der Waals surface area contributed by atoms with Crippen LogP contribution in [0.3, 0.4) is 0 Å². The number of hydrogen-bond donors (Lipinski definition) is 0. The standard InChI is InChI=1S/C28H36ClN3O2/c1-4-7-9-12-19-31(26(33)18-8-5-2)25(6-3)27-30-24-17-11-10-16-23(24)28(34)32(27)22-15-13-14-21(29)20-22/h10-11,13-17,20,25H,4-9,12,18-19H2,1-3H3. The molecule has 0 fully saturated rings. The van der Waals surface area contributed by atoms with E-state index in [1.807, 2.05) is 35.2 Å². The molecule has 0 bridgehead atoms. The largest absolute Gasteiger partial charge is 0.333 e. The molecule has 3 aromatic rings. The zero-order valence-electron chi connectivity index (χ0n) is 20.6. The van der Waals surface area contributed by atoms with Crippen LogP contribution in [0.4, 0.5) is 0 Å². The van der Waals surface area contributed by atoms with E-state index in [2.05, 4.69) is 20.8 Å². The number of unbranched alkanes of at least 4 members (excludes halogenated alkanes) is 4. The van der Waals surface area contributed by atoms with Gasteiger partial charge in [-0.1, -0.05) is 76.3 Å². The molecule has 0 aliphatic heterocycles. The van der Waals surface area contributed by atoms with Crippen LogP contribution >= 0.6 is 11.6 Å². The fraction of sp³-hybridized carbons (Fsp3) is 0.464. The molecule has 3 rings (SSSR count). The molecule has 1 amide bonds. The number of benzene rings is 2. The van der Waals surface area contributed by atoms with Gasteiger partial charge in [-0.2, -0.15) is 0 Å². The zero-order valence-corrected chi connectivity index (χ0v) is 21.4. The minimum atomic E-state index is -0.303. The number of halogens is 1. The van der Waals surface area contributed by atoms with Crippen molar-refractivity contribution in [2.75, 3.05) is 6.54 Å². The molecule has 1 aromatic heterocycles. The lowest BCUT2D eigenvalue weighted by molar-refractivity contribution is -0.134. The van der Waals surface area contributed by atoms with Crippen molar-refractivity contribution in [2.24, 2.45) is 0 Å². The van der Waals surface area contributed by atoms with Crippen molar-refractivity contribution in [1.29, 1.82) is 0 Å². The maximum atomic E-state index is 13.7. The van der Waals surface area contributed by atoms with Gasteiger partial charge < -0.3 is 4.90 Å². The van der Waals surface area contributed by atoms with Gasteiger partial charge in [0.05, 0.1) is 22.6 Å². The van der Waals surface area contributed by atoms with Crippen molar-refractivity contribution < 1.29 is 4.79 Å². The van der Waals surface area contributed by atoms with Gasteiger partial charge in [0, 0.05) is 18.0 Å². The van der Waals surface area contributed by atoms with Gasteiger partial charge in [0.15, 0.2) is 0 Å². The van der Waals surface area contributed by atoms with Crippen LogP contribution in [-0.2, 0) is 4.79 Å². The number of para-hydroxylation sites is 1. The van der Waals surface area contributed by atoms with Crippen LogP contribution in [-0.4, -0.2) is 26.9 Å². The molecule has 0 saturated carbocycles. The first kappa shape index (κ1) is 26.0. The van der Waals surface area contributed by atoms with Gasteiger partial charge in [0.2, 0.25) is 5.91 Å². The Hall–Kier alpha value is -2.66. The first-order valence-corrected chi connectivity index (χ1v) is 13.0. The number of nitrogens with zero attached hydrogens (tertiary/aromatic N) is 3. The Morgan fingerprint density at radius 3 is 2.47 bits per heavy atom. The minimum absolute atomic E-state index is 0.130. The van der Waals surface area contributed by atoms with Crippen LogP contribution in [0.2, 0.25) is 5.02 Å². The monoisotopic (exact) mass is 481 g/mol. The van der Waals surface area contributed by atoms with Gasteiger partial charge in [-0.05, 0) is 49.6 Å². The van der Waals surface area contributed by atoms with Crippen molar-refractivity contribution in [3.05, 3.63) is 69.7 Å². The Morgan fingerprint density at radius 2 is 1.76 bits per heavy atom. The second-order valence-corrected chi connectivity index (χ2v) is 9.22. The molecule has 0 spiro atoms. The third-order valence-electron chi connectivity index (χ3n) is 6.25. The SMILES string of the molecule is CCCCCCN(C(=O)CCCC)C(CC)c1nc2ccccc2c(=O)n1-c1cccc(Cl)c1. The molecule has 6 heteroatoms. The van der Waals surface area contributed by atoms with Gasteiger partial charge >= 0.3 is 0 Å². The van der Waals surface area contributed by atoms with E-state index in [1.54, 1.807) is 22.8 Å². The van der Waals surface area contributed by atoms with Gasteiger partial charge in [-0.25, -0.2) is 4.98 Å². The first-order valence-electron chi connectivity index (χ1n) is 12.6. The number of amides is 1. The summed E-state index contributed by atoms with van der Waals surface area (Å²) < 4.78 is 1.65. The maximum absolute atomic E-state index is 13.7. The normalized spacial score (nSPS) is 12.1. The van der Waals surface area contributed by atoms with Crippen molar-refractivity contribution in [3.8, 4) is 5.69 Å². The lowest BCUT2D eigenvalue weighted by Crippen LogP contribution is -2.39. The van der Waals surface area contributed by atoms with Crippen molar-refractivity contribution in [3.63, 3.8) is 0 Å². The Morgan fingerprint density at radius 1 is 1.00 bits per heavy atom. The summed E-state index contributed by atoms with van der Waals surface area (Å²) in [6.07, 6.45) is 7.30. The number of fused-ring (bicyclic) bond motifs is 1. The van der Waals surface area contributed by atoms with Gasteiger partial charge in [-0.3, -0.25) is 14.2 Å². The average Bonchev–Trinajstić information content (AvgIpc) is 2.84.